The van der Waals surface area contributed by atoms with E-state index in [1.807, 2.05) is 42.8 Å². The van der Waals surface area contributed by atoms with Crippen molar-refractivity contribution in [2.24, 2.45) is 0 Å². The van der Waals surface area contributed by atoms with Gasteiger partial charge in [-0.1, -0.05) is 6.07 Å². The van der Waals surface area contributed by atoms with Crippen LogP contribution in [0.4, 0.5) is 5.69 Å². The average molecular weight is 378 g/mol. The fraction of sp³-hybridized carbons (Fsp3) is 0.286. The lowest BCUT2D eigenvalue weighted by Gasteiger charge is -2.27. The molecule has 0 aliphatic carbocycles. The van der Waals surface area contributed by atoms with E-state index in [4.69, 9.17) is 4.74 Å². The normalized spacial score (nSPS) is 14.3. The standard InChI is InChI=1S/C21H22N4O3/c1-14-3-4-17(12-18(14)21(27)24-7-9-28-10-8-24)23-20(26)16-5-6-25-13-15(2)22-19(25)11-16/h3-6,11-13H,7-10H2,1-2H3,(H,23,26). The van der Waals surface area contributed by atoms with Crippen molar-refractivity contribution in [3.8, 4) is 0 Å². The van der Waals surface area contributed by atoms with E-state index in [2.05, 4.69) is 10.3 Å². The Morgan fingerprint density at radius 3 is 2.68 bits per heavy atom. The summed E-state index contributed by atoms with van der Waals surface area (Å²) in [6, 6.07) is 8.89. The molecule has 144 valence electrons. The minimum atomic E-state index is -0.239. The van der Waals surface area contributed by atoms with Gasteiger partial charge in [0, 0.05) is 42.3 Å². The summed E-state index contributed by atoms with van der Waals surface area (Å²) in [7, 11) is 0. The van der Waals surface area contributed by atoms with Crippen LogP contribution in [0.2, 0.25) is 0 Å². The number of imidazole rings is 1. The number of hydrogen-bond donors (Lipinski definition) is 1. The Morgan fingerprint density at radius 2 is 1.89 bits per heavy atom. The first-order valence-corrected chi connectivity index (χ1v) is 9.25. The first kappa shape index (κ1) is 18.2. The monoisotopic (exact) mass is 378 g/mol. The van der Waals surface area contributed by atoms with Crippen LogP contribution in [0.3, 0.4) is 0 Å². The predicted molar refractivity (Wildman–Crippen MR) is 106 cm³/mol. The molecule has 1 aliphatic rings. The number of amides is 2. The largest absolute Gasteiger partial charge is 0.378 e. The highest BCUT2D eigenvalue weighted by atomic mass is 16.5. The zero-order valence-electron chi connectivity index (χ0n) is 15.9. The summed E-state index contributed by atoms with van der Waals surface area (Å²) in [6.45, 7) is 6.07. The zero-order chi connectivity index (χ0) is 19.7. The fourth-order valence-electron chi connectivity index (χ4n) is 3.32. The molecule has 4 rings (SSSR count). The number of carbonyl (C=O) groups is 2. The first-order valence-electron chi connectivity index (χ1n) is 9.25. The van der Waals surface area contributed by atoms with E-state index in [1.54, 1.807) is 23.1 Å². The number of nitrogens with zero attached hydrogens (tertiary/aromatic N) is 3. The van der Waals surface area contributed by atoms with Crippen molar-refractivity contribution < 1.29 is 14.3 Å². The van der Waals surface area contributed by atoms with E-state index in [9.17, 15) is 9.59 Å². The van der Waals surface area contributed by atoms with Crippen LogP contribution in [0, 0.1) is 13.8 Å². The Hall–Kier alpha value is -3.19. The van der Waals surface area contributed by atoms with Crippen molar-refractivity contribution in [1.29, 1.82) is 0 Å². The number of nitrogens with one attached hydrogen (secondary N) is 1. The number of hydrogen-bond acceptors (Lipinski definition) is 4. The van der Waals surface area contributed by atoms with Gasteiger partial charge in [-0.15, -0.1) is 0 Å². The van der Waals surface area contributed by atoms with Crippen molar-refractivity contribution in [3.05, 3.63) is 65.1 Å². The van der Waals surface area contributed by atoms with Gasteiger partial charge in [0.1, 0.15) is 5.65 Å². The minimum Gasteiger partial charge on any atom is -0.378 e. The molecular formula is C21H22N4O3. The van der Waals surface area contributed by atoms with E-state index in [-0.39, 0.29) is 11.8 Å². The lowest BCUT2D eigenvalue weighted by Crippen LogP contribution is -2.41. The third-order valence-electron chi connectivity index (χ3n) is 4.87. The number of anilines is 1. The van der Waals surface area contributed by atoms with Crippen LogP contribution in [0.25, 0.3) is 5.65 Å². The van der Waals surface area contributed by atoms with E-state index in [1.165, 1.54) is 0 Å². The number of aryl methyl sites for hydroxylation is 2. The van der Waals surface area contributed by atoms with Crippen LogP contribution in [-0.2, 0) is 4.74 Å². The molecule has 2 amide bonds. The van der Waals surface area contributed by atoms with E-state index < -0.39 is 0 Å². The third kappa shape index (κ3) is 3.61. The van der Waals surface area contributed by atoms with Gasteiger partial charge < -0.3 is 19.4 Å². The number of ether oxygens (including phenoxy) is 1. The molecule has 0 radical (unpaired) electrons. The quantitative estimate of drug-likeness (QED) is 0.760. The van der Waals surface area contributed by atoms with Crippen molar-refractivity contribution in [2.75, 3.05) is 31.6 Å². The van der Waals surface area contributed by atoms with Crippen molar-refractivity contribution in [1.82, 2.24) is 14.3 Å². The zero-order valence-corrected chi connectivity index (χ0v) is 15.9. The van der Waals surface area contributed by atoms with Crippen molar-refractivity contribution >= 4 is 23.1 Å². The summed E-state index contributed by atoms with van der Waals surface area (Å²) in [5.41, 5.74) is 4.19. The van der Waals surface area contributed by atoms with Crippen LogP contribution in [0.15, 0.2) is 42.7 Å². The molecule has 1 N–H and O–H groups in total. The van der Waals surface area contributed by atoms with Gasteiger partial charge in [-0.3, -0.25) is 9.59 Å². The average Bonchev–Trinajstić information content (AvgIpc) is 3.08. The molecule has 0 atom stereocenters. The van der Waals surface area contributed by atoms with Gasteiger partial charge in [-0.2, -0.15) is 0 Å². The Kier molecular flexibility index (Phi) is 4.83. The molecule has 0 saturated carbocycles. The minimum absolute atomic E-state index is 0.0359. The number of morpholine rings is 1. The van der Waals surface area contributed by atoms with Crippen LogP contribution >= 0.6 is 0 Å². The predicted octanol–water partition coefficient (Wildman–Crippen LogP) is 2.68. The smallest absolute Gasteiger partial charge is 0.255 e. The van der Waals surface area contributed by atoms with Gasteiger partial charge in [0.2, 0.25) is 0 Å². The number of fused-ring (bicyclic) bond motifs is 1. The van der Waals surface area contributed by atoms with Crippen LogP contribution in [-0.4, -0.2) is 52.4 Å². The molecule has 1 saturated heterocycles. The topological polar surface area (TPSA) is 75.9 Å². The fourth-order valence-corrected chi connectivity index (χ4v) is 3.32. The molecule has 3 aromatic rings. The van der Waals surface area contributed by atoms with Gasteiger partial charge in [-0.05, 0) is 43.7 Å². The van der Waals surface area contributed by atoms with Crippen molar-refractivity contribution in [3.63, 3.8) is 0 Å². The molecular weight excluding hydrogens is 356 g/mol. The Morgan fingerprint density at radius 1 is 1.11 bits per heavy atom. The first-order chi connectivity index (χ1) is 13.5. The molecule has 7 nitrogen and oxygen atoms in total. The number of pyridine rings is 1. The van der Waals surface area contributed by atoms with Crippen molar-refractivity contribution in [2.45, 2.75) is 13.8 Å². The van der Waals surface area contributed by atoms with E-state index in [0.29, 0.717) is 43.1 Å². The summed E-state index contributed by atoms with van der Waals surface area (Å²) < 4.78 is 7.19. The second-order valence-corrected chi connectivity index (χ2v) is 6.95. The summed E-state index contributed by atoms with van der Waals surface area (Å²) >= 11 is 0. The van der Waals surface area contributed by atoms with Crippen LogP contribution < -0.4 is 5.32 Å². The molecule has 0 unspecified atom stereocenters. The molecule has 3 heterocycles. The maximum absolute atomic E-state index is 12.8. The Balaban J connectivity index is 1.55. The van der Waals surface area contributed by atoms with Gasteiger partial charge in [0.25, 0.3) is 11.8 Å². The lowest BCUT2D eigenvalue weighted by atomic mass is 10.1. The highest BCUT2D eigenvalue weighted by Gasteiger charge is 2.20. The summed E-state index contributed by atoms with van der Waals surface area (Å²) in [4.78, 5) is 31.7. The van der Waals surface area contributed by atoms with Gasteiger partial charge in [0.15, 0.2) is 0 Å². The van der Waals surface area contributed by atoms with Crippen LogP contribution in [0.1, 0.15) is 32.0 Å². The molecule has 28 heavy (non-hydrogen) atoms. The summed E-state index contributed by atoms with van der Waals surface area (Å²) in [5, 5.41) is 2.88. The van der Waals surface area contributed by atoms with E-state index >= 15 is 0 Å². The second-order valence-electron chi connectivity index (χ2n) is 6.95. The number of carbonyl (C=O) groups excluding carboxylic acids is 2. The number of rotatable bonds is 3. The highest BCUT2D eigenvalue weighted by molar-refractivity contribution is 6.05. The molecule has 0 bridgehead atoms. The maximum Gasteiger partial charge on any atom is 0.255 e. The molecule has 1 fully saturated rings. The lowest BCUT2D eigenvalue weighted by molar-refractivity contribution is 0.0302. The SMILES string of the molecule is Cc1cn2ccc(C(=O)Nc3ccc(C)c(C(=O)N4CCOCC4)c3)cc2n1. The van der Waals surface area contributed by atoms with E-state index in [0.717, 1.165) is 16.9 Å². The molecule has 7 heteroatoms. The van der Waals surface area contributed by atoms with Crippen LogP contribution in [0.5, 0.6) is 0 Å². The van der Waals surface area contributed by atoms with Gasteiger partial charge in [0.05, 0.1) is 18.9 Å². The summed E-state index contributed by atoms with van der Waals surface area (Å²) in [5.74, 6) is -0.275. The summed E-state index contributed by atoms with van der Waals surface area (Å²) in [6.07, 6.45) is 3.72. The number of aromatic nitrogens is 2. The molecule has 2 aromatic heterocycles. The molecule has 1 aromatic carbocycles. The Labute approximate surface area is 162 Å². The third-order valence-corrected chi connectivity index (χ3v) is 4.87. The number of benzene rings is 1. The molecule has 1 aliphatic heterocycles. The van der Waals surface area contributed by atoms with Gasteiger partial charge >= 0.3 is 0 Å². The van der Waals surface area contributed by atoms with Gasteiger partial charge in [-0.25, -0.2) is 4.98 Å². The second kappa shape index (κ2) is 7.44. The maximum atomic E-state index is 12.8. The molecule has 0 spiro atoms. The Bertz CT molecular complexity index is 1050. The highest BCUT2D eigenvalue weighted by Crippen LogP contribution is 2.19.